The number of carbonyl (C=O) groups excluding carboxylic acids is 1. The first-order valence-corrected chi connectivity index (χ1v) is 5.62. The lowest BCUT2D eigenvalue weighted by molar-refractivity contribution is -0.123. The minimum Gasteiger partial charge on any atom is -0.358 e. The van der Waals surface area contributed by atoms with Gasteiger partial charge < -0.3 is 10.6 Å². The summed E-state index contributed by atoms with van der Waals surface area (Å²) in [5.41, 5.74) is 1.32. The second-order valence-electron chi connectivity index (χ2n) is 4.12. The Bertz CT molecular complexity index is 478. The number of hydrogen-bond donors (Lipinski definition) is 2. The summed E-state index contributed by atoms with van der Waals surface area (Å²) in [6.07, 6.45) is 1.75. The van der Waals surface area contributed by atoms with E-state index in [0.717, 1.165) is 25.1 Å². The lowest BCUT2D eigenvalue weighted by Gasteiger charge is -2.23. The molecule has 0 saturated carbocycles. The van der Waals surface area contributed by atoms with Crippen LogP contribution in [0.4, 0.5) is 5.82 Å². The third-order valence-electron chi connectivity index (χ3n) is 2.69. The summed E-state index contributed by atoms with van der Waals surface area (Å²) >= 11 is 0. The molecule has 1 atom stereocenters. The average molecular weight is 230 g/mol. The van der Waals surface area contributed by atoms with Crippen LogP contribution in [0.5, 0.6) is 0 Å². The van der Waals surface area contributed by atoms with Crippen molar-refractivity contribution in [2.24, 2.45) is 0 Å². The van der Waals surface area contributed by atoms with Gasteiger partial charge in [-0.1, -0.05) is 0 Å². The number of amides is 1. The third kappa shape index (κ3) is 2.72. The van der Waals surface area contributed by atoms with Crippen LogP contribution in [0, 0.1) is 18.3 Å². The second kappa shape index (κ2) is 4.83. The van der Waals surface area contributed by atoms with Gasteiger partial charge in [0.1, 0.15) is 11.9 Å². The number of hydrogen-bond acceptors (Lipinski definition) is 4. The predicted octanol–water partition coefficient (Wildman–Crippen LogP) is 0.952. The molecule has 1 saturated heterocycles. The largest absolute Gasteiger partial charge is 0.358 e. The number of carbonyl (C=O) groups is 1. The van der Waals surface area contributed by atoms with E-state index in [1.807, 2.05) is 6.92 Å². The second-order valence-corrected chi connectivity index (χ2v) is 4.12. The van der Waals surface area contributed by atoms with E-state index in [0.29, 0.717) is 11.4 Å². The maximum absolute atomic E-state index is 11.6. The minimum atomic E-state index is -0.246. The number of rotatable bonds is 2. The Balaban J connectivity index is 2.15. The highest BCUT2D eigenvalue weighted by molar-refractivity contribution is 5.85. The molecule has 88 valence electrons. The molecule has 2 heterocycles. The Morgan fingerprint density at radius 3 is 3.12 bits per heavy atom. The normalized spacial score (nSPS) is 19.3. The van der Waals surface area contributed by atoms with E-state index < -0.39 is 0 Å². The molecule has 1 amide bonds. The fourth-order valence-electron chi connectivity index (χ4n) is 1.90. The zero-order valence-electron chi connectivity index (χ0n) is 9.66. The number of pyridine rings is 1. The monoisotopic (exact) mass is 230 g/mol. The van der Waals surface area contributed by atoms with Crippen LogP contribution in [0.25, 0.3) is 0 Å². The third-order valence-corrected chi connectivity index (χ3v) is 2.69. The summed E-state index contributed by atoms with van der Waals surface area (Å²) in [5.74, 6) is 0.585. The van der Waals surface area contributed by atoms with E-state index in [4.69, 9.17) is 5.26 Å². The molecule has 1 aromatic heterocycles. The van der Waals surface area contributed by atoms with Crippen molar-refractivity contribution < 1.29 is 4.79 Å². The van der Waals surface area contributed by atoms with Gasteiger partial charge in [0.15, 0.2) is 0 Å². The van der Waals surface area contributed by atoms with Crippen LogP contribution in [0.1, 0.15) is 24.1 Å². The van der Waals surface area contributed by atoms with Gasteiger partial charge in [0.2, 0.25) is 5.91 Å². The molecule has 1 aliphatic heterocycles. The number of nitrogens with one attached hydrogen (secondary N) is 2. The van der Waals surface area contributed by atoms with Crippen LogP contribution in [-0.4, -0.2) is 23.5 Å². The van der Waals surface area contributed by atoms with Gasteiger partial charge in [0.25, 0.3) is 0 Å². The van der Waals surface area contributed by atoms with E-state index in [1.165, 1.54) is 0 Å². The zero-order chi connectivity index (χ0) is 12.3. The highest BCUT2D eigenvalue weighted by Gasteiger charge is 2.21. The van der Waals surface area contributed by atoms with Gasteiger partial charge >= 0.3 is 0 Å². The molecule has 1 aromatic rings. The molecule has 0 radical (unpaired) electrons. The summed E-state index contributed by atoms with van der Waals surface area (Å²) in [7, 11) is 0. The first kappa shape index (κ1) is 11.4. The molecule has 0 aromatic carbocycles. The Hall–Kier alpha value is -2.09. The Morgan fingerprint density at radius 1 is 1.59 bits per heavy atom. The first-order valence-electron chi connectivity index (χ1n) is 5.62. The number of piperidine rings is 1. The molecular formula is C12H14N4O. The van der Waals surface area contributed by atoms with Gasteiger partial charge in [-0.3, -0.25) is 4.79 Å². The molecule has 5 nitrogen and oxygen atoms in total. The smallest absolute Gasteiger partial charge is 0.242 e. The van der Waals surface area contributed by atoms with Crippen molar-refractivity contribution in [2.75, 3.05) is 11.9 Å². The van der Waals surface area contributed by atoms with E-state index in [-0.39, 0.29) is 11.9 Å². The number of aryl methyl sites for hydroxylation is 1. The quantitative estimate of drug-likeness (QED) is 0.793. The van der Waals surface area contributed by atoms with Gasteiger partial charge in [-0.15, -0.1) is 0 Å². The van der Waals surface area contributed by atoms with Gasteiger partial charge in [-0.25, -0.2) is 4.98 Å². The van der Waals surface area contributed by atoms with Crippen molar-refractivity contribution >= 4 is 11.7 Å². The highest BCUT2D eigenvalue weighted by Crippen LogP contribution is 2.13. The standard InChI is InChI=1S/C12H14N4O/c1-8-5-9(7-13)6-11(15-8)16-10-3-2-4-14-12(10)17/h5-6,10H,2-4H2,1H3,(H,14,17)(H,15,16). The maximum Gasteiger partial charge on any atom is 0.242 e. The SMILES string of the molecule is Cc1cc(C#N)cc(NC2CCCNC2=O)n1. The molecule has 17 heavy (non-hydrogen) atoms. The van der Waals surface area contributed by atoms with Crippen molar-refractivity contribution in [3.05, 3.63) is 23.4 Å². The lowest BCUT2D eigenvalue weighted by atomic mass is 10.1. The Kier molecular flexibility index (Phi) is 3.24. The summed E-state index contributed by atoms with van der Waals surface area (Å²) < 4.78 is 0. The number of nitriles is 1. The summed E-state index contributed by atoms with van der Waals surface area (Å²) in [6, 6.07) is 5.21. The van der Waals surface area contributed by atoms with E-state index in [1.54, 1.807) is 12.1 Å². The molecule has 1 unspecified atom stereocenters. The van der Waals surface area contributed by atoms with Crippen molar-refractivity contribution in [1.82, 2.24) is 10.3 Å². The van der Waals surface area contributed by atoms with Gasteiger partial charge in [0.05, 0.1) is 11.6 Å². The van der Waals surface area contributed by atoms with Crippen molar-refractivity contribution in [3.63, 3.8) is 0 Å². The summed E-state index contributed by atoms with van der Waals surface area (Å²) in [6.45, 7) is 2.56. The Morgan fingerprint density at radius 2 is 2.41 bits per heavy atom. The predicted molar refractivity (Wildman–Crippen MR) is 63.3 cm³/mol. The molecule has 1 aliphatic rings. The van der Waals surface area contributed by atoms with Gasteiger partial charge in [-0.2, -0.15) is 5.26 Å². The van der Waals surface area contributed by atoms with Crippen LogP contribution in [-0.2, 0) is 4.79 Å². The molecule has 5 heteroatoms. The van der Waals surface area contributed by atoms with Crippen molar-refractivity contribution in [3.8, 4) is 6.07 Å². The van der Waals surface area contributed by atoms with Crippen LogP contribution in [0.3, 0.4) is 0 Å². The van der Waals surface area contributed by atoms with Gasteiger partial charge in [-0.05, 0) is 31.9 Å². The number of aromatic nitrogens is 1. The lowest BCUT2D eigenvalue weighted by Crippen LogP contribution is -2.44. The topological polar surface area (TPSA) is 77.8 Å². The molecule has 0 bridgehead atoms. The molecule has 0 spiro atoms. The van der Waals surface area contributed by atoms with Crippen LogP contribution in [0.15, 0.2) is 12.1 Å². The van der Waals surface area contributed by atoms with Crippen LogP contribution < -0.4 is 10.6 Å². The zero-order valence-corrected chi connectivity index (χ0v) is 9.66. The van der Waals surface area contributed by atoms with E-state index in [2.05, 4.69) is 21.7 Å². The maximum atomic E-state index is 11.6. The van der Waals surface area contributed by atoms with Crippen LogP contribution in [0.2, 0.25) is 0 Å². The van der Waals surface area contributed by atoms with Crippen molar-refractivity contribution in [2.45, 2.75) is 25.8 Å². The minimum absolute atomic E-state index is 0.00179. The molecule has 2 rings (SSSR count). The average Bonchev–Trinajstić information content (AvgIpc) is 2.31. The van der Waals surface area contributed by atoms with Crippen molar-refractivity contribution in [1.29, 1.82) is 5.26 Å². The fourth-order valence-corrected chi connectivity index (χ4v) is 1.90. The molecular weight excluding hydrogens is 216 g/mol. The van der Waals surface area contributed by atoms with E-state index in [9.17, 15) is 4.79 Å². The Labute approximate surface area is 99.9 Å². The number of nitrogens with zero attached hydrogens (tertiary/aromatic N) is 2. The molecule has 0 aliphatic carbocycles. The number of anilines is 1. The van der Waals surface area contributed by atoms with E-state index >= 15 is 0 Å². The molecule has 2 N–H and O–H groups in total. The highest BCUT2D eigenvalue weighted by atomic mass is 16.2. The molecule has 1 fully saturated rings. The fraction of sp³-hybridized carbons (Fsp3) is 0.417. The van der Waals surface area contributed by atoms with Crippen LogP contribution >= 0.6 is 0 Å². The summed E-state index contributed by atoms with van der Waals surface area (Å²) in [5, 5.41) is 14.7. The first-order chi connectivity index (χ1) is 8.19. The van der Waals surface area contributed by atoms with Gasteiger partial charge in [0, 0.05) is 12.2 Å². The summed E-state index contributed by atoms with van der Waals surface area (Å²) in [4.78, 5) is 15.8.